The Morgan fingerprint density at radius 2 is 1.68 bits per heavy atom. The first kappa shape index (κ1) is 19.7. The van der Waals surface area contributed by atoms with Crippen molar-refractivity contribution in [2.24, 2.45) is 16.9 Å². The highest BCUT2D eigenvalue weighted by atomic mass is 79.9. The van der Waals surface area contributed by atoms with Crippen LogP contribution in [0.2, 0.25) is 0 Å². The van der Waals surface area contributed by atoms with Crippen LogP contribution < -0.4 is 9.64 Å². The van der Waals surface area contributed by atoms with Gasteiger partial charge in [0.05, 0.1) is 30.7 Å². The molecule has 0 saturated carbocycles. The third kappa shape index (κ3) is 3.01. The quantitative estimate of drug-likeness (QED) is 0.497. The molecule has 2 fully saturated rings. The van der Waals surface area contributed by atoms with Gasteiger partial charge in [0.25, 0.3) is 0 Å². The fraction of sp³-hybridized carbons (Fsp3) is 0.217. The average Bonchev–Trinajstić information content (AvgIpc) is 3.27. The average molecular weight is 480 g/mol. The topological polar surface area (TPSA) is 79.3 Å². The second kappa shape index (κ2) is 7.46. The SMILES string of the molecule is COc1ccc(C(=O)[C@@H]2[C@@H]3C(=O)N(c4ccc(Br)cc4)C(=O)[C@H]3[C@H]3C=CC=NN32)cc1. The van der Waals surface area contributed by atoms with Crippen LogP contribution in [0, 0.1) is 11.8 Å². The summed E-state index contributed by atoms with van der Waals surface area (Å²) < 4.78 is 6.02. The number of nitrogens with zero attached hydrogens (tertiary/aromatic N) is 3. The summed E-state index contributed by atoms with van der Waals surface area (Å²) in [5, 5.41) is 5.97. The molecule has 0 spiro atoms. The monoisotopic (exact) mass is 479 g/mol. The fourth-order valence-electron chi connectivity index (χ4n) is 4.61. The Labute approximate surface area is 187 Å². The van der Waals surface area contributed by atoms with Gasteiger partial charge in [0, 0.05) is 16.3 Å². The molecule has 0 bridgehead atoms. The summed E-state index contributed by atoms with van der Waals surface area (Å²) >= 11 is 3.37. The number of benzene rings is 2. The van der Waals surface area contributed by atoms with Crippen LogP contribution in [-0.4, -0.2) is 48.0 Å². The Bertz CT molecular complexity index is 1130. The summed E-state index contributed by atoms with van der Waals surface area (Å²) in [6.07, 6.45) is 5.16. The van der Waals surface area contributed by atoms with E-state index < -0.39 is 23.9 Å². The number of ether oxygens (including phenoxy) is 1. The first-order chi connectivity index (χ1) is 15.0. The highest BCUT2D eigenvalue weighted by Crippen LogP contribution is 2.46. The van der Waals surface area contributed by atoms with E-state index in [1.807, 2.05) is 6.08 Å². The van der Waals surface area contributed by atoms with E-state index in [0.29, 0.717) is 17.0 Å². The number of amides is 2. The summed E-state index contributed by atoms with van der Waals surface area (Å²) in [4.78, 5) is 41.6. The minimum absolute atomic E-state index is 0.244. The van der Waals surface area contributed by atoms with Crippen molar-refractivity contribution in [3.63, 3.8) is 0 Å². The lowest BCUT2D eigenvalue weighted by atomic mass is 9.86. The van der Waals surface area contributed by atoms with Crippen LogP contribution in [-0.2, 0) is 9.59 Å². The van der Waals surface area contributed by atoms with Crippen molar-refractivity contribution < 1.29 is 19.1 Å². The molecule has 2 saturated heterocycles. The molecule has 0 radical (unpaired) electrons. The summed E-state index contributed by atoms with van der Waals surface area (Å²) in [6, 6.07) is 12.4. The van der Waals surface area contributed by atoms with Crippen molar-refractivity contribution in [1.29, 1.82) is 0 Å². The third-order valence-electron chi connectivity index (χ3n) is 6.02. The highest BCUT2D eigenvalue weighted by Gasteiger charge is 2.64. The number of anilines is 1. The number of carbonyl (C=O) groups excluding carboxylic acids is 3. The van der Waals surface area contributed by atoms with E-state index in [9.17, 15) is 14.4 Å². The fourth-order valence-corrected chi connectivity index (χ4v) is 4.87. The number of imide groups is 1. The molecule has 0 aliphatic carbocycles. The van der Waals surface area contributed by atoms with Crippen molar-refractivity contribution >= 4 is 45.4 Å². The van der Waals surface area contributed by atoms with Gasteiger partial charge in [0.2, 0.25) is 11.8 Å². The number of fused-ring (bicyclic) bond motifs is 3. The van der Waals surface area contributed by atoms with E-state index in [4.69, 9.17) is 4.74 Å². The molecular formula is C23H18BrN3O4. The van der Waals surface area contributed by atoms with Gasteiger partial charge in [-0.1, -0.05) is 22.0 Å². The van der Waals surface area contributed by atoms with E-state index in [0.717, 1.165) is 4.47 Å². The van der Waals surface area contributed by atoms with E-state index in [2.05, 4.69) is 21.0 Å². The third-order valence-corrected chi connectivity index (χ3v) is 6.55. The predicted molar refractivity (Wildman–Crippen MR) is 118 cm³/mol. The number of Topliss-reactive ketones (excluding diaryl/α,β-unsaturated/α-hetero) is 1. The van der Waals surface area contributed by atoms with Crippen molar-refractivity contribution in [3.05, 3.63) is 70.7 Å². The maximum Gasteiger partial charge on any atom is 0.240 e. The van der Waals surface area contributed by atoms with E-state index in [1.165, 1.54) is 4.90 Å². The second-order valence-corrected chi connectivity index (χ2v) is 8.51. The lowest BCUT2D eigenvalue weighted by Gasteiger charge is -2.30. The Hall–Kier alpha value is -3.26. The molecular weight excluding hydrogens is 462 g/mol. The molecule has 0 N–H and O–H groups in total. The van der Waals surface area contributed by atoms with E-state index in [-0.39, 0.29) is 17.6 Å². The molecule has 156 valence electrons. The number of carbonyl (C=O) groups is 3. The highest BCUT2D eigenvalue weighted by molar-refractivity contribution is 9.10. The minimum Gasteiger partial charge on any atom is -0.497 e. The standard InChI is InChI=1S/C23H18BrN3O4/c1-31-16-10-4-13(5-11-16)21(28)20-19-18(17-3-2-12-25-27(17)20)22(29)26(23(19)30)15-8-6-14(24)7-9-15/h2-12,17-20H,1H3/t17-,18+,19-,20+/m1/s1. The molecule has 3 aliphatic rings. The van der Waals surface area contributed by atoms with Gasteiger partial charge in [-0.25, -0.2) is 4.90 Å². The van der Waals surface area contributed by atoms with Crippen LogP contribution >= 0.6 is 15.9 Å². The van der Waals surface area contributed by atoms with Gasteiger partial charge in [-0.15, -0.1) is 0 Å². The number of ketones is 1. The summed E-state index contributed by atoms with van der Waals surface area (Å²) in [5.74, 6) is -1.77. The number of hydrogen-bond acceptors (Lipinski definition) is 6. The number of allylic oxidation sites excluding steroid dienone is 1. The first-order valence-electron chi connectivity index (χ1n) is 9.82. The predicted octanol–water partition coefficient (Wildman–Crippen LogP) is 3.05. The Morgan fingerprint density at radius 3 is 2.35 bits per heavy atom. The Kier molecular flexibility index (Phi) is 4.74. The second-order valence-electron chi connectivity index (χ2n) is 7.60. The minimum atomic E-state index is -0.860. The summed E-state index contributed by atoms with van der Waals surface area (Å²) in [7, 11) is 1.55. The van der Waals surface area contributed by atoms with Gasteiger partial charge in [-0.2, -0.15) is 5.10 Å². The van der Waals surface area contributed by atoms with Crippen molar-refractivity contribution in [1.82, 2.24) is 5.01 Å². The molecule has 2 amide bonds. The number of hydrazone groups is 1. The lowest BCUT2D eigenvalue weighted by molar-refractivity contribution is -0.123. The van der Waals surface area contributed by atoms with Gasteiger partial charge in [-0.05, 0) is 54.6 Å². The molecule has 3 aliphatic heterocycles. The summed E-state index contributed by atoms with van der Waals surface area (Å²) in [5.41, 5.74) is 0.940. The zero-order chi connectivity index (χ0) is 21.7. The molecule has 3 heterocycles. The smallest absolute Gasteiger partial charge is 0.240 e. The van der Waals surface area contributed by atoms with Crippen LogP contribution in [0.4, 0.5) is 5.69 Å². The molecule has 2 aromatic rings. The molecule has 4 atom stereocenters. The maximum atomic E-state index is 13.5. The maximum absolute atomic E-state index is 13.5. The van der Waals surface area contributed by atoms with Gasteiger partial charge >= 0.3 is 0 Å². The Morgan fingerprint density at radius 1 is 1.00 bits per heavy atom. The van der Waals surface area contributed by atoms with Crippen molar-refractivity contribution in [2.75, 3.05) is 12.0 Å². The first-order valence-corrected chi connectivity index (χ1v) is 10.6. The number of rotatable bonds is 4. The van der Waals surface area contributed by atoms with Crippen LogP contribution in [0.5, 0.6) is 5.75 Å². The van der Waals surface area contributed by atoms with Crippen molar-refractivity contribution in [3.8, 4) is 5.75 Å². The summed E-state index contributed by atoms with van der Waals surface area (Å²) in [6.45, 7) is 0. The van der Waals surface area contributed by atoms with Crippen LogP contribution in [0.25, 0.3) is 0 Å². The zero-order valence-electron chi connectivity index (χ0n) is 16.5. The molecule has 0 aromatic heterocycles. The molecule has 31 heavy (non-hydrogen) atoms. The van der Waals surface area contributed by atoms with Crippen molar-refractivity contribution in [2.45, 2.75) is 12.1 Å². The number of halogens is 1. The normalized spacial score (nSPS) is 26.3. The van der Waals surface area contributed by atoms with E-state index >= 15 is 0 Å². The van der Waals surface area contributed by atoms with Crippen LogP contribution in [0.15, 0.2) is 70.3 Å². The van der Waals surface area contributed by atoms with Crippen LogP contribution in [0.1, 0.15) is 10.4 Å². The van der Waals surface area contributed by atoms with Gasteiger partial charge < -0.3 is 4.74 Å². The molecule has 7 nitrogen and oxygen atoms in total. The van der Waals surface area contributed by atoms with Gasteiger partial charge in [0.15, 0.2) is 5.78 Å². The number of methoxy groups -OCH3 is 1. The van der Waals surface area contributed by atoms with Crippen LogP contribution in [0.3, 0.4) is 0 Å². The number of hydrogen-bond donors (Lipinski definition) is 0. The molecule has 2 aromatic carbocycles. The zero-order valence-corrected chi connectivity index (χ0v) is 18.1. The largest absolute Gasteiger partial charge is 0.497 e. The van der Waals surface area contributed by atoms with Gasteiger partial charge in [0.1, 0.15) is 11.8 Å². The molecule has 8 heteroatoms. The molecule has 5 rings (SSSR count). The van der Waals surface area contributed by atoms with E-state index in [1.54, 1.807) is 72.9 Å². The Balaban J connectivity index is 1.55. The lowest BCUT2D eigenvalue weighted by Crippen LogP contribution is -2.46. The van der Waals surface area contributed by atoms with Gasteiger partial charge in [-0.3, -0.25) is 19.4 Å². The molecule has 0 unspecified atom stereocenters.